The number of rotatable bonds is 4. The summed E-state index contributed by atoms with van der Waals surface area (Å²) >= 11 is 0. The van der Waals surface area contributed by atoms with Crippen LogP contribution in [-0.2, 0) is 0 Å². The second-order valence-corrected chi connectivity index (χ2v) is 5.46. The molecule has 0 amide bonds. The smallest absolute Gasteiger partial charge is 0.0464 e. The van der Waals surface area contributed by atoms with Gasteiger partial charge in [0.1, 0.15) is 0 Å². The molecule has 0 fully saturated rings. The molecule has 3 aromatic rings. The Kier molecular flexibility index (Phi) is 4.44. The molecule has 23 heavy (non-hydrogen) atoms. The van der Waals surface area contributed by atoms with E-state index in [2.05, 4.69) is 41.7 Å². The molecule has 2 nitrogen and oxygen atoms in total. The van der Waals surface area contributed by atoms with Gasteiger partial charge in [-0.25, -0.2) is 0 Å². The summed E-state index contributed by atoms with van der Waals surface area (Å²) in [6.07, 6.45) is 0. The van der Waals surface area contributed by atoms with Gasteiger partial charge in [-0.3, -0.25) is 0 Å². The van der Waals surface area contributed by atoms with Crippen molar-refractivity contribution in [3.63, 3.8) is 0 Å². The highest BCUT2D eigenvalue weighted by molar-refractivity contribution is 5.88. The fraction of sp³-hybridized carbons (Fsp3) is 0.0476. The van der Waals surface area contributed by atoms with Crippen molar-refractivity contribution in [1.29, 1.82) is 0 Å². The Labute approximate surface area is 137 Å². The van der Waals surface area contributed by atoms with E-state index in [0.29, 0.717) is 0 Å². The van der Waals surface area contributed by atoms with Crippen LogP contribution >= 0.6 is 0 Å². The topological polar surface area (TPSA) is 38.0 Å². The number of anilines is 2. The summed E-state index contributed by atoms with van der Waals surface area (Å²) in [7, 11) is 0. The molecule has 0 aliphatic heterocycles. The van der Waals surface area contributed by atoms with Gasteiger partial charge in [0.25, 0.3) is 0 Å². The van der Waals surface area contributed by atoms with Crippen LogP contribution in [-0.4, -0.2) is 0 Å². The molecule has 114 valence electrons. The first-order chi connectivity index (χ1) is 11.3. The first-order valence-corrected chi connectivity index (χ1v) is 7.69. The maximum Gasteiger partial charge on any atom is 0.0464 e. The van der Waals surface area contributed by atoms with Gasteiger partial charge in [-0.05, 0) is 30.7 Å². The maximum atomic E-state index is 6.21. The maximum absolute atomic E-state index is 6.21. The predicted octanol–water partition coefficient (Wildman–Crippen LogP) is 5.17. The molecular weight excluding hydrogens is 280 g/mol. The zero-order chi connectivity index (χ0) is 16.1. The quantitative estimate of drug-likeness (QED) is 0.697. The average Bonchev–Trinajstić information content (AvgIpc) is 2.58. The molecule has 0 bridgehead atoms. The first kappa shape index (κ1) is 14.9. The lowest BCUT2D eigenvalue weighted by Crippen LogP contribution is -2.03. The summed E-state index contributed by atoms with van der Waals surface area (Å²) in [5.41, 5.74) is 12.4. The van der Waals surface area contributed by atoms with Crippen molar-refractivity contribution in [2.24, 2.45) is 5.73 Å². The lowest BCUT2D eigenvalue weighted by molar-refractivity contribution is 1.30. The summed E-state index contributed by atoms with van der Waals surface area (Å²) in [5.74, 6) is 0. The Morgan fingerprint density at radius 3 is 1.96 bits per heavy atom. The van der Waals surface area contributed by atoms with Crippen molar-refractivity contribution in [1.82, 2.24) is 0 Å². The summed E-state index contributed by atoms with van der Waals surface area (Å²) in [6.45, 7) is 1.95. The third-order valence-corrected chi connectivity index (χ3v) is 3.71. The van der Waals surface area contributed by atoms with E-state index in [-0.39, 0.29) is 0 Å². The number of hydrogen-bond donors (Lipinski definition) is 2. The molecule has 0 unspecified atom stereocenters. The molecule has 3 N–H and O–H groups in total. The largest absolute Gasteiger partial charge is 0.402 e. The highest BCUT2D eigenvalue weighted by atomic mass is 14.9. The number of benzene rings is 3. The van der Waals surface area contributed by atoms with Crippen LogP contribution < -0.4 is 11.1 Å². The number of nitrogens with two attached hydrogens (primary N) is 1. The molecule has 2 heteroatoms. The molecule has 3 rings (SSSR count). The lowest BCUT2D eigenvalue weighted by atomic mass is 9.95. The summed E-state index contributed by atoms with van der Waals surface area (Å²) in [5, 5.41) is 3.49. The first-order valence-electron chi connectivity index (χ1n) is 7.69. The van der Waals surface area contributed by atoms with Crippen LogP contribution in [0.3, 0.4) is 0 Å². The van der Waals surface area contributed by atoms with E-state index in [9.17, 15) is 0 Å². The molecule has 0 spiro atoms. The van der Waals surface area contributed by atoms with Gasteiger partial charge in [0.15, 0.2) is 0 Å². The van der Waals surface area contributed by atoms with Crippen molar-refractivity contribution >= 4 is 16.9 Å². The Morgan fingerprint density at radius 2 is 1.30 bits per heavy atom. The van der Waals surface area contributed by atoms with Crippen molar-refractivity contribution in [2.75, 3.05) is 5.32 Å². The highest BCUT2D eigenvalue weighted by Crippen LogP contribution is 2.32. The SMILES string of the molecule is C/C(N)=C(\c1ccccc1)c1ccccc1Nc1ccccc1. The minimum atomic E-state index is 0.804. The van der Waals surface area contributed by atoms with E-state index >= 15 is 0 Å². The fourth-order valence-electron chi connectivity index (χ4n) is 2.69. The van der Waals surface area contributed by atoms with Crippen LogP contribution in [0, 0.1) is 0 Å². The monoisotopic (exact) mass is 300 g/mol. The van der Waals surface area contributed by atoms with Crippen LogP contribution in [0.15, 0.2) is 90.6 Å². The van der Waals surface area contributed by atoms with Gasteiger partial charge in [0.2, 0.25) is 0 Å². The molecule has 3 aromatic carbocycles. The normalized spacial score (nSPS) is 11.7. The van der Waals surface area contributed by atoms with Crippen LogP contribution in [0.25, 0.3) is 5.57 Å². The van der Waals surface area contributed by atoms with Gasteiger partial charge in [-0.1, -0.05) is 66.7 Å². The molecule has 0 aliphatic carbocycles. The standard InChI is InChI=1S/C21H20N2/c1-16(22)21(17-10-4-2-5-11-17)19-14-8-9-15-20(19)23-18-12-6-3-7-13-18/h2-15,23H,22H2,1H3/b21-16-. The molecule has 0 aliphatic rings. The zero-order valence-electron chi connectivity index (χ0n) is 13.2. The number of nitrogens with one attached hydrogen (secondary N) is 1. The molecular formula is C21H20N2. The Bertz CT molecular complexity index is 802. The van der Waals surface area contributed by atoms with Crippen LogP contribution in [0.1, 0.15) is 18.1 Å². The second kappa shape index (κ2) is 6.84. The molecule has 0 saturated heterocycles. The van der Waals surface area contributed by atoms with Gasteiger partial charge in [0.05, 0.1) is 0 Å². The van der Waals surface area contributed by atoms with Crippen LogP contribution in [0.5, 0.6) is 0 Å². The van der Waals surface area contributed by atoms with E-state index in [4.69, 9.17) is 5.73 Å². The average molecular weight is 300 g/mol. The van der Waals surface area contributed by atoms with E-state index in [1.807, 2.05) is 55.5 Å². The summed E-state index contributed by atoms with van der Waals surface area (Å²) in [6, 6.07) is 28.7. The number of hydrogen-bond acceptors (Lipinski definition) is 2. The Hall–Kier alpha value is -3.00. The van der Waals surface area contributed by atoms with E-state index in [1.54, 1.807) is 0 Å². The molecule has 0 heterocycles. The van der Waals surface area contributed by atoms with E-state index < -0.39 is 0 Å². The Morgan fingerprint density at radius 1 is 0.739 bits per heavy atom. The van der Waals surface area contributed by atoms with Gasteiger partial charge in [0, 0.05) is 28.2 Å². The summed E-state index contributed by atoms with van der Waals surface area (Å²) in [4.78, 5) is 0. The fourth-order valence-corrected chi connectivity index (χ4v) is 2.69. The minimum Gasteiger partial charge on any atom is -0.402 e. The molecule has 0 aromatic heterocycles. The molecule has 0 atom stereocenters. The van der Waals surface area contributed by atoms with E-state index in [1.165, 1.54) is 0 Å². The van der Waals surface area contributed by atoms with Crippen molar-refractivity contribution in [3.05, 3.63) is 102 Å². The van der Waals surface area contributed by atoms with Gasteiger partial charge >= 0.3 is 0 Å². The zero-order valence-corrected chi connectivity index (χ0v) is 13.2. The number of para-hydroxylation sites is 2. The van der Waals surface area contributed by atoms with Crippen molar-refractivity contribution in [3.8, 4) is 0 Å². The minimum absolute atomic E-state index is 0.804. The third kappa shape index (κ3) is 3.43. The van der Waals surface area contributed by atoms with E-state index in [0.717, 1.165) is 33.8 Å². The number of allylic oxidation sites excluding steroid dienone is 1. The third-order valence-electron chi connectivity index (χ3n) is 3.71. The van der Waals surface area contributed by atoms with Gasteiger partial charge in [-0.15, -0.1) is 0 Å². The lowest BCUT2D eigenvalue weighted by Gasteiger charge is -2.16. The van der Waals surface area contributed by atoms with Crippen LogP contribution in [0.4, 0.5) is 11.4 Å². The van der Waals surface area contributed by atoms with Crippen LogP contribution in [0.2, 0.25) is 0 Å². The Balaban J connectivity index is 2.07. The predicted molar refractivity (Wildman–Crippen MR) is 98.5 cm³/mol. The van der Waals surface area contributed by atoms with Gasteiger partial charge < -0.3 is 11.1 Å². The summed E-state index contributed by atoms with van der Waals surface area (Å²) < 4.78 is 0. The van der Waals surface area contributed by atoms with Crippen molar-refractivity contribution < 1.29 is 0 Å². The molecule has 0 saturated carbocycles. The second-order valence-electron chi connectivity index (χ2n) is 5.46. The highest BCUT2D eigenvalue weighted by Gasteiger charge is 2.11. The van der Waals surface area contributed by atoms with Crippen molar-refractivity contribution in [2.45, 2.75) is 6.92 Å². The van der Waals surface area contributed by atoms with Gasteiger partial charge in [-0.2, -0.15) is 0 Å². The molecule has 0 radical (unpaired) electrons.